The lowest BCUT2D eigenvalue weighted by atomic mass is 10.1. The average Bonchev–Trinajstić information content (AvgIpc) is 2.24. The third kappa shape index (κ3) is 2.59. The zero-order chi connectivity index (χ0) is 13.2. The maximum absolute atomic E-state index is 12.2. The van der Waals surface area contributed by atoms with Gasteiger partial charge in [-0.3, -0.25) is 4.84 Å². The number of hydrogen-bond donors (Lipinski definition) is 1. The summed E-state index contributed by atoms with van der Waals surface area (Å²) in [5.41, 5.74) is 7.84. The Kier molecular flexibility index (Phi) is 4.13. The van der Waals surface area contributed by atoms with Gasteiger partial charge in [0.2, 0.25) is 0 Å². The van der Waals surface area contributed by atoms with Crippen molar-refractivity contribution < 1.29 is 13.3 Å². The van der Waals surface area contributed by atoms with Crippen molar-refractivity contribution in [2.75, 3.05) is 19.4 Å². The number of hydrogen-bond acceptors (Lipinski definition) is 4. The summed E-state index contributed by atoms with van der Waals surface area (Å²) in [6.45, 7) is 5.65. The summed E-state index contributed by atoms with van der Waals surface area (Å²) >= 11 is 0. The van der Waals surface area contributed by atoms with Gasteiger partial charge in [0, 0.05) is 6.54 Å². The van der Waals surface area contributed by atoms with Gasteiger partial charge in [-0.1, -0.05) is 4.47 Å². The van der Waals surface area contributed by atoms with Crippen LogP contribution in [-0.2, 0) is 14.9 Å². The van der Waals surface area contributed by atoms with Gasteiger partial charge in [0.1, 0.15) is 4.90 Å². The molecule has 1 aromatic carbocycles. The van der Waals surface area contributed by atoms with Crippen molar-refractivity contribution in [3.63, 3.8) is 0 Å². The molecule has 2 N–H and O–H groups in total. The van der Waals surface area contributed by atoms with Crippen LogP contribution in [0.5, 0.6) is 0 Å². The van der Waals surface area contributed by atoms with Crippen LogP contribution in [0.25, 0.3) is 0 Å². The lowest BCUT2D eigenvalue weighted by Crippen LogP contribution is -2.30. The normalized spacial score (nSPS) is 12.1. The van der Waals surface area contributed by atoms with Crippen LogP contribution in [-0.4, -0.2) is 26.5 Å². The molecule has 0 aromatic heterocycles. The fraction of sp³-hybridized carbons (Fsp3) is 0.455. The Morgan fingerprint density at radius 1 is 1.29 bits per heavy atom. The first-order valence-corrected chi connectivity index (χ1v) is 6.72. The van der Waals surface area contributed by atoms with Crippen LogP contribution < -0.4 is 5.73 Å². The number of sulfonamides is 1. The molecule has 0 amide bonds. The fourth-order valence-electron chi connectivity index (χ4n) is 1.54. The third-order valence-electron chi connectivity index (χ3n) is 2.63. The van der Waals surface area contributed by atoms with Crippen molar-refractivity contribution in [1.82, 2.24) is 4.47 Å². The van der Waals surface area contributed by atoms with Gasteiger partial charge in [0.05, 0.1) is 12.8 Å². The van der Waals surface area contributed by atoms with Crippen molar-refractivity contribution in [3.8, 4) is 0 Å². The topological polar surface area (TPSA) is 72.6 Å². The highest BCUT2D eigenvalue weighted by Gasteiger charge is 2.25. The molecule has 0 aliphatic heterocycles. The van der Waals surface area contributed by atoms with Crippen molar-refractivity contribution in [2.24, 2.45) is 0 Å². The molecular formula is C11H18N2O3S. The molecule has 0 radical (unpaired) electrons. The fourth-order valence-corrected chi connectivity index (χ4v) is 2.98. The highest BCUT2D eigenvalue weighted by molar-refractivity contribution is 7.89. The van der Waals surface area contributed by atoms with Crippen molar-refractivity contribution in [2.45, 2.75) is 25.7 Å². The van der Waals surface area contributed by atoms with Crippen LogP contribution >= 0.6 is 0 Å². The number of nitrogens with two attached hydrogens (primary N) is 1. The molecular weight excluding hydrogens is 240 g/mol. The first-order chi connectivity index (χ1) is 7.84. The number of nitrogen functional groups attached to an aromatic ring is 1. The van der Waals surface area contributed by atoms with E-state index in [0.717, 1.165) is 15.6 Å². The second-order valence-electron chi connectivity index (χ2n) is 3.78. The summed E-state index contributed by atoms with van der Waals surface area (Å²) in [6.07, 6.45) is 0. The lowest BCUT2D eigenvalue weighted by Gasteiger charge is -2.19. The molecule has 0 atom stereocenters. The van der Waals surface area contributed by atoms with Crippen LogP contribution in [0.2, 0.25) is 0 Å². The van der Waals surface area contributed by atoms with Gasteiger partial charge in [-0.15, -0.1) is 0 Å². The molecule has 0 unspecified atom stereocenters. The molecule has 0 fully saturated rings. The van der Waals surface area contributed by atoms with E-state index in [4.69, 9.17) is 10.6 Å². The van der Waals surface area contributed by atoms with E-state index in [2.05, 4.69) is 0 Å². The van der Waals surface area contributed by atoms with Crippen molar-refractivity contribution in [3.05, 3.63) is 23.3 Å². The summed E-state index contributed by atoms with van der Waals surface area (Å²) in [7, 11) is -2.37. The summed E-state index contributed by atoms with van der Waals surface area (Å²) in [6, 6.07) is 3.23. The van der Waals surface area contributed by atoms with Gasteiger partial charge in [-0.25, -0.2) is 8.42 Å². The quantitative estimate of drug-likeness (QED) is 0.655. The molecule has 0 heterocycles. The molecule has 0 aliphatic rings. The number of anilines is 1. The Labute approximate surface area is 102 Å². The van der Waals surface area contributed by atoms with Crippen LogP contribution in [0, 0.1) is 13.8 Å². The van der Waals surface area contributed by atoms with Gasteiger partial charge in [-0.05, 0) is 44.0 Å². The molecule has 1 rings (SSSR count). The second-order valence-corrected chi connectivity index (χ2v) is 5.58. The summed E-state index contributed by atoms with van der Waals surface area (Å²) in [4.78, 5) is 4.92. The summed E-state index contributed by atoms with van der Waals surface area (Å²) in [5, 5.41) is 0. The number of aryl methyl sites for hydroxylation is 2. The highest BCUT2D eigenvalue weighted by Crippen LogP contribution is 2.25. The predicted molar refractivity (Wildman–Crippen MR) is 66.9 cm³/mol. The second kappa shape index (κ2) is 5.03. The minimum absolute atomic E-state index is 0.0873. The van der Waals surface area contributed by atoms with Crippen LogP contribution in [0.15, 0.2) is 17.0 Å². The van der Waals surface area contributed by atoms with Gasteiger partial charge in [0.15, 0.2) is 0 Å². The zero-order valence-electron chi connectivity index (χ0n) is 10.5. The molecule has 0 saturated carbocycles. The van der Waals surface area contributed by atoms with E-state index in [1.54, 1.807) is 19.1 Å². The average molecular weight is 258 g/mol. The van der Waals surface area contributed by atoms with Gasteiger partial charge >= 0.3 is 0 Å². The van der Waals surface area contributed by atoms with E-state index in [-0.39, 0.29) is 17.1 Å². The Balaban J connectivity index is 3.38. The summed E-state index contributed by atoms with van der Waals surface area (Å²) in [5.74, 6) is 0. The Hall–Kier alpha value is -1.11. The molecule has 96 valence electrons. The van der Waals surface area contributed by atoms with Gasteiger partial charge in [-0.2, -0.15) is 0 Å². The standard InChI is InChI=1S/C11H18N2O3S/c1-5-13(16-4)17(14,15)11-7-9(3)8(2)6-10(11)12/h6-7H,5,12H2,1-4H3. The number of hydroxylamine groups is 1. The van der Waals surface area contributed by atoms with E-state index in [0.29, 0.717) is 0 Å². The van der Waals surface area contributed by atoms with E-state index in [1.807, 2.05) is 13.8 Å². The minimum Gasteiger partial charge on any atom is -0.398 e. The maximum atomic E-state index is 12.2. The predicted octanol–water partition coefficient (Wildman–Crippen LogP) is 1.46. The Morgan fingerprint density at radius 2 is 1.82 bits per heavy atom. The third-order valence-corrected chi connectivity index (χ3v) is 4.49. The first-order valence-electron chi connectivity index (χ1n) is 5.28. The monoisotopic (exact) mass is 258 g/mol. The zero-order valence-corrected chi connectivity index (χ0v) is 11.3. The largest absolute Gasteiger partial charge is 0.398 e. The molecule has 0 bridgehead atoms. The minimum atomic E-state index is -3.69. The SMILES string of the molecule is CCN(OC)S(=O)(=O)c1cc(C)c(C)cc1N. The van der Waals surface area contributed by atoms with Crippen LogP contribution in [0.1, 0.15) is 18.1 Å². The Morgan fingerprint density at radius 3 is 2.29 bits per heavy atom. The number of nitrogens with zero attached hydrogens (tertiary/aromatic N) is 1. The van der Waals surface area contributed by atoms with Crippen LogP contribution in [0.4, 0.5) is 5.69 Å². The van der Waals surface area contributed by atoms with E-state index < -0.39 is 10.0 Å². The first kappa shape index (κ1) is 14.0. The van der Waals surface area contributed by atoms with E-state index in [1.165, 1.54) is 7.11 Å². The number of benzene rings is 1. The summed E-state index contributed by atoms with van der Waals surface area (Å²) < 4.78 is 25.3. The molecule has 0 saturated heterocycles. The molecule has 0 spiro atoms. The molecule has 17 heavy (non-hydrogen) atoms. The Bertz CT molecular complexity index is 508. The molecule has 1 aromatic rings. The van der Waals surface area contributed by atoms with Gasteiger partial charge < -0.3 is 5.73 Å². The van der Waals surface area contributed by atoms with E-state index >= 15 is 0 Å². The molecule has 0 aliphatic carbocycles. The van der Waals surface area contributed by atoms with Crippen molar-refractivity contribution >= 4 is 15.7 Å². The number of rotatable bonds is 4. The maximum Gasteiger partial charge on any atom is 0.267 e. The smallest absolute Gasteiger partial charge is 0.267 e. The molecule has 5 nitrogen and oxygen atoms in total. The van der Waals surface area contributed by atoms with E-state index in [9.17, 15) is 8.42 Å². The molecule has 6 heteroatoms. The van der Waals surface area contributed by atoms with Crippen LogP contribution in [0.3, 0.4) is 0 Å². The highest BCUT2D eigenvalue weighted by atomic mass is 32.2. The van der Waals surface area contributed by atoms with Crippen molar-refractivity contribution in [1.29, 1.82) is 0 Å². The lowest BCUT2D eigenvalue weighted by molar-refractivity contribution is -0.0442. The van der Waals surface area contributed by atoms with Gasteiger partial charge in [0.25, 0.3) is 10.0 Å².